The number of Topliss-reactive ketones (excluding diaryl/α,β-unsaturated/α-hetero) is 1. The Labute approximate surface area is 184 Å². The van der Waals surface area contributed by atoms with Gasteiger partial charge < -0.3 is 14.6 Å². The molecule has 6 nitrogen and oxygen atoms in total. The molecule has 0 aliphatic carbocycles. The maximum atomic E-state index is 13.5. The van der Waals surface area contributed by atoms with E-state index in [9.17, 15) is 19.1 Å². The number of ketones is 1. The van der Waals surface area contributed by atoms with Gasteiger partial charge in [0.25, 0.3) is 11.7 Å². The molecule has 1 fully saturated rings. The maximum absolute atomic E-state index is 13.5. The predicted octanol–water partition coefficient (Wildman–Crippen LogP) is 4.47. The molecule has 7 heteroatoms. The molecule has 3 aromatic rings. The molecule has 1 saturated heterocycles. The summed E-state index contributed by atoms with van der Waals surface area (Å²) in [6.07, 6.45) is 0. The summed E-state index contributed by atoms with van der Waals surface area (Å²) >= 11 is 0. The first-order valence-corrected chi connectivity index (χ1v) is 9.80. The monoisotopic (exact) mass is 433 g/mol. The quantitative estimate of drug-likeness (QED) is 0.365. The Morgan fingerprint density at radius 2 is 1.66 bits per heavy atom. The summed E-state index contributed by atoms with van der Waals surface area (Å²) in [5, 5.41) is 11.2. The van der Waals surface area contributed by atoms with E-state index < -0.39 is 23.5 Å². The average Bonchev–Trinajstić information content (AvgIpc) is 3.09. The zero-order valence-electron chi connectivity index (χ0n) is 17.4. The van der Waals surface area contributed by atoms with Gasteiger partial charge in [0.05, 0.1) is 31.4 Å². The Morgan fingerprint density at radius 3 is 2.34 bits per heavy atom. The molecule has 0 saturated carbocycles. The van der Waals surface area contributed by atoms with Crippen molar-refractivity contribution in [3.05, 3.63) is 95.3 Å². The van der Waals surface area contributed by atoms with Gasteiger partial charge in [-0.15, -0.1) is 0 Å². The Hall–Kier alpha value is -4.13. The minimum Gasteiger partial charge on any atom is -0.507 e. The molecule has 3 aromatic carbocycles. The number of halogens is 1. The van der Waals surface area contributed by atoms with Gasteiger partial charge >= 0.3 is 0 Å². The summed E-state index contributed by atoms with van der Waals surface area (Å²) in [6.45, 7) is 0. The van der Waals surface area contributed by atoms with Gasteiger partial charge in [-0.25, -0.2) is 4.39 Å². The largest absolute Gasteiger partial charge is 0.507 e. The molecular weight excluding hydrogens is 413 g/mol. The number of carbonyl (C=O) groups is 2. The lowest BCUT2D eigenvalue weighted by Crippen LogP contribution is -2.29. The molecule has 0 spiro atoms. The summed E-state index contributed by atoms with van der Waals surface area (Å²) in [5.74, 6) is -1.66. The van der Waals surface area contributed by atoms with E-state index in [0.29, 0.717) is 22.7 Å². The third-order valence-corrected chi connectivity index (χ3v) is 5.32. The van der Waals surface area contributed by atoms with E-state index >= 15 is 0 Å². The number of amides is 1. The molecule has 1 unspecified atom stereocenters. The lowest BCUT2D eigenvalue weighted by Gasteiger charge is -2.25. The fourth-order valence-electron chi connectivity index (χ4n) is 3.81. The maximum Gasteiger partial charge on any atom is 0.300 e. The third-order valence-electron chi connectivity index (χ3n) is 5.32. The van der Waals surface area contributed by atoms with E-state index in [1.54, 1.807) is 48.5 Å². The summed E-state index contributed by atoms with van der Waals surface area (Å²) in [4.78, 5) is 27.5. The first-order valence-electron chi connectivity index (χ1n) is 9.80. The Morgan fingerprint density at radius 1 is 0.938 bits per heavy atom. The first-order chi connectivity index (χ1) is 15.5. The van der Waals surface area contributed by atoms with Crippen LogP contribution in [-0.4, -0.2) is 31.0 Å². The van der Waals surface area contributed by atoms with Crippen molar-refractivity contribution in [1.82, 2.24) is 0 Å². The van der Waals surface area contributed by atoms with Crippen LogP contribution in [0.2, 0.25) is 0 Å². The Kier molecular flexibility index (Phi) is 5.64. The van der Waals surface area contributed by atoms with Gasteiger partial charge in [0.1, 0.15) is 23.1 Å². The van der Waals surface area contributed by atoms with Crippen LogP contribution in [0.1, 0.15) is 17.2 Å². The molecule has 0 bridgehead atoms. The normalized spacial score (nSPS) is 17.5. The van der Waals surface area contributed by atoms with E-state index in [1.165, 1.54) is 43.4 Å². The van der Waals surface area contributed by atoms with E-state index in [2.05, 4.69) is 0 Å². The lowest BCUT2D eigenvalue weighted by atomic mass is 9.94. The highest BCUT2D eigenvalue weighted by molar-refractivity contribution is 6.51. The van der Waals surface area contributed by atoms with Crippen molar-refractivity contribution >= 4 is 23.1 Å². The Bertz CT molecular complexity index is 1220. The van der Waals surface area contributed by atoms with Gasteiger partial charge in [-0.2, -0.15) is 0 Å². The summed E-state index contributed by atoms with van der Waals surface area (Å²) in [6, 6.07) is 17.8. The molecule has 0 aromatic heterocycles. The topological polar surface area (TPSA) is 76.1 Å². The minimum absolute atomic E-state index is 0.0999. The molecule has 32 heavy (non-hydrogen) atoms. The number of anilines is 1. The van der Waals surface area contributed by atoms with Gasteiger partial charge in [-0.05, 0) is 54.1 Å². The van der Waals surface area contributed by atoms with Crippen molar-refractivity contribution in [3.63, 3.8) is 0 Å². The summed E-state index contributed by atoms with van der Waals surface area (Å²) in [5.41, 5.74) is 1.04. The highest BCUT2D eigenvalue weighted by atomic mass is 19.1. The molecule has 1 heterocycles. The number of benzene rings is 3. The second-order valence-electron chi connectivity index (χ2n) is 7.12. The van der Waals surface area contributed by atoms with Gasteiger partial charge in [-0.3, -0.25) is 14.5 Å². The molecule has 1 aliphatic heterocycles. The van der Waals surface area contributed by atoms with Gasteiger partial charge in [0, 0.05) is 5.69 Å². The number of aliphatic hydroxyl groups is 1. The van der Waals surface area contributed by atoms with Crippen molar-refractivity contribution in [2.45, 2.75) is 6.04 Å². The Balaban J connectivity index is 1.98. The van der Waals surface area contributed by atoms with Crippen molar-refractivity contribution in [2.75, 3.05) is 19.1 Å². The van der Waals surface area contributed by atoms with Crippen molar-refractivity contribution in [3.8, 4) is 11.5 Å². The smallest absolute Gasteiger partial charge is 0.300 e. The van der Waals surface area contributed by atoms with Crippen LogP contribution in [0.3, 0.4) is 0 Å². The van der Waals surface area contributed by atoms with Crippen LogP contribution in [0.15, 0.2) is 78.4 Å². The molecular formula is C25H20FNO5. The van der Waals surface area contributed by atoms with Crippen molar-refractivity contribution in [2.24, 2.45) is 0 Å². The molecule has 1 amide bonds. The fourth-order valence-corrected chi connectivity index (χ4v) is 3.81. The zero-order chi connectivity index (χ0) is 22.8. The van der Waals surface area contributed by atoms with Crippen LogP contribution >= 0.6 is 0 Å². The van der Waals surface area contributed by atoms with Crippen LogP contribution in [0.4, 0.5) is 10.1 Å². The number of hydrogen-bond acceptors (Lipinski definition) is 5. The van der Waals surface area contributed by atoms with Crippen LogP contribution < -0.4 is 14.4 Å². The average molecular weight is 433 g/mol. The fraction of sp³-hybridized carbons (Fsp3) is 0.120. The SMILES string of the molecule is COc1cccc(C2/C(=C(/O)c3ccccc3OC)C(=O)C(=O)N2c2ccc(F)cc2)c1. The molecule has 1 atom stereocenters. The van der Waals surface area contributed by atoms with E-state index in [1.807, 2.05) is 0 Å². The van der Waals surface area contributed by atoms with Gasteiger partial charge in [-0.1, -0.05) is 24.3 Å². The highest BCUT2D eigenvalue weighted by Crippen LogP contribution is 2.43. The van der Waals surface area contributed by atoms with Crippen molar-refractivity contribution in [1.29, 1.82) is 0 Å². The highest BCUT2D eigenvalue weighted by Gasteiger charge is 2.47. The summed E-state index contributed by atoms with van der Waals surface area (Å²) in [7, 11) is 2.95. The number of para-hydroxylation sites is 1. The van der Waals surface area contributed by atoms with Crippen molar-refractivity contribution < 1.29 is 28.6 Å². The standard InChI is InChI=1S/C25H20FNO5/c1-31-18-7-5-6-15(14-18)22-21(23(28)19-8-3-4-9-20(19)32-2)24(29)25(30)27(22)17-12-10-16(26)11-13-17/h3-14,22,28H,1-2H3/b23-21-. The predicted molar refractivity (Wildman–Crippen MR) is 117 cm³/mol. The molecule has 1 aliphatic rings. The van der Waals surface area contributed by atoms with Crippen LogP contribution in [0, 0.1) is 5.82 Å². The lowest BCUT2D eigenvalue weighted by molar-refractivity contribution is -0.132. The first kappa shape index (κ1) is 21.1. The van der Waals surface area contributed by atoms with Crippen LogP contribution in [0.25, 0.3) is 5.76 Å². The molecule has 1 N–H and O–H groups in total. The molecule has 4 rings (SSSR count). The second-order valence-corrected chi connectivity index (χ2v) is 7.12. The number of hydrogen-bond donors (Lipinski definition) is 1. The number of carbonyl (C=O) groups excluding carboxylic acids is 2. The van der Waals surface area contributed by atoms with Crippen LogP contribution in [-0.2, 0) is 9.59 Å². The van der Waals surface area contributed by atoms with E-state index in [0.717, 1.165) is 0 Å². The van der Waals surface area contributed by atoms with Crippen LogP contribution in [0.5, 0.6) is 11.5 Å². The third kappa shape index (κ3) is 3.58. The molecule has 0 radical (unpaired) electrons. The zero-order valence-corrected chi connectivity index (χ0v) is 17.4. The summed E-state index contributed by atoms with van der Waals surface area (Å²) < 4.78 is 24.2. The van der Waals surface area contributed by atoms with Gasteiger partial charge in [0.15, 0.2) is 0 Å². The number of aliphatic hydroxyl groups excluding tert-OH is 1. The number of nitrogens with zero attached hydrogens (tertiary/aromatic N) is 1. The number of ether oxygens (including phenoxy) is 2. The number of rotatable bonds is 5. The minimum atomic E-state index is -0.958. The van der Waals surface area contributed by atoms with Gasteiger partial charge in [0.2, 0.25) is 0 Å². The van der Waals surface area contributed by atoms with E-state index in [-0.39, 0.29) is 16.9 Å². The van der Waals surface area contributed by atoms with E-state index in [4.69, 9.17) is 9.47 Å². The second kappa shape index (κ2) is 8.55. The molecule has 162 valence electrons. The number of methoxy groups -OCH3 is 2.